The Labute approximate surface area is 204 Å². The summed E-state index contributed by atoms with van der Waals surface area (Å²) in [6.45, 7) is -0.221. The van der Waals surface area contributed by atoms with Crippen LogP contribution in [-0.4, -0.2) is 27.3 Å². The number of hydrogen-bond donors (Lipinski definition) is 2. The van der Waals surface area contributed by atoms with Crippen LogP contribution in [0.25, 0.3) is 17.0 Å². The Morgan fingerprint density at radius 1 is 0.944 bits per heavy atom. The molecular weight excluding hydrogens is 466 g/mol. The van der Waals surface area contributed by atoms with Gasteiger partial charge in [-0.3, -0.25) is 14.5 Å². The molecule has 2 N–H and O–H groups in total. The predicted molar refractivity (Wildman–Crippen MR) is 130 cm³/mol. The number of carbonyl (C=O) groups is 3. The molecule has 1 aliphatic rings. The number of amides is 4. The summed E-state index contributed by atoms with van der Waals surface area (Å²) in [5, 5.41) is 6.04. The lowest BCUT2D eigenvalue weighted by Gasteiger charge is -2.12. The molecule has 4 amide bonds. The van der Waals surface area contributed by atoms with Crippen LogP contribution in [0, 0.1) is 11.6 Å². The molecule has 36 heavy (non-hydrogen) atoms. The first-order valence-electron chi connectivity index (χ1n) is 11.1. The Bertz CT molecular complexity index is 1530. The smallest absolute Gasteiger partial charge is 0.329 e. The van der Waals surface area contributed by atoms with Gasteiger partial charge >= 0.3 is 6.03 Å². The third-order valence-electron chi connectivity index (χ3n) is 5.81. The lowest BCUT2D eigenvalue weighted by atomic mass is 10.1. The van der Waals surface area contributed by atoms with Gasteiger partial charge in [0.2, 0.25) is 5.91 Å². The molecule has 0 spiro atoms. The zero-order valence-corrected chi connectivity index (χ0v) is 18.9. The van der Waals surface area contributed by atoms with Crippen molar-refractivity contribution in [1.82, 2.24) is 14.8 Å². The first-order valence-corrected chi connectivity index (χ1v) is 11.1. The summed E-state index contributed by atoms with van der Waals surface area (Å²) in [6, 6.07) is 18.1. The summed E-state index contributed by atoms with van der Waals surface area (Å²) in [5.41, 5.74) is 2.12. The fraction of sp³-hybridized carbons (Fsp3) is 0.0741. The molecule has 4 aromatic rings. The summed E-state index contributed by atoms with van der Waals surface area (Å²) in [6.07, 6.45) is 3.25. The summed E-state index contributed by atoms with van der Waals surface area (Å²) >= 11 is 0. The number of anilines is 1. The SMILES string of the molecule is O=C(Cn1cc(/C=C2/NC(=O)N(Cc3ccccc3F)C2=O)c2ccccc21)Nc1ccc(F)cc1. The number of carbonyl (C=O) groups excluding carboxylic acids is 3. The molecule has 0 unspecified atom stereocenters. The molecule has 180 valence electrons. The van der Waals surface area contributed by atoms with Gasteiger partial charge in [0, 0.05) is 33.9 Å². The number of halogens is 2. The van der Waals surface area contributed by atoms with Crippen molar-refractivity contribution in [1.29, 1.82) is 0 Å². The number of para-hydroxylation sites is 1. The zero-order valence-electron chi connectivity index (χ0n) is 18.9. The topological polar surface area (TPSA) is 83.4 Å². The van der Waals surface area contributed by atoms with Gasteiger partial charge in [-0.1, -0.05) is 36.4 Å². The van der Waals surface area contributed by atoms with E-state index >= 15 is 0 Å². The van der Waals surface area contributed by atoms with Crippen LogP contribution in [0.3, 0.4) is 0 Å². The van der Waals surface area contributed by atoms with Gasteiger partial charge in [-0.2, -0.15) is 0 Å². The van der Waals surface area contributed by atoms with Crippen molar-refractivity contribution < 1.29 is 23.2 Å². The standard InChI is InChI=1S/C27H20F2N4O3/c28-19-9-11-20(12-10-19)30-25(34)16-32-14-18(21-6-2-4-8-24(21)32)13-23-26(35)33(27(36)31-23)15-17-5-1-3-7-22(17)29/h1-14H,15-16H2,(H,30,34)(H,31,36)/b23-13+. The van der Waals surface area contributed by atoms with Crippen LogP contribution in [0.15, 0.2) is 84.7 Å². The maximum atomic E-state index is 14.0. The van der Waals surface area contributed by atoms with E-state index in [0.717, 1.165) is 15.8 Å². The highest BCUT2D eigenvalue weighted by atomic mass is 19.1. The number of aromatic nitrogens is 1. The van der Waals surface area contributed by atoms with Gasteiger partial charge in [0.05, 0.1) is 6.54 Å². The van der Waals surface area contributed by atoms with Gasteiger partial charge in [0.15, 0.2) is 0 Å². The number of urea groups is 1. The van der Waals surface area contributed by atoms with Gasteiger partial charge in [0.25, 0.3) is 5.91 Å². The molecular formula is C27H20F2N4O3. The normalized spacial score (nSPS) is 14.5. The predicted octanol–water partition coefficient (Wildman–Crippen LogP) is 4.65. The summed E-state index contributed by atoms with van der Waals surface area (Å²) < 4.78 is 28.9. The summed E-state index contributed by atoms with van der Waals surface area (Å²) in [7, 11) is 0. The molecule has 2 heterocycles. The van der Waals surface area contributed by atoms with Crippen LogP contribution in [-0.2, 0) is 22.7 Å². The Kier molecular flexibility index (Phi) is 6.03. The minimum Gasteiger partial charge on any atom is -0.337 e. The van der Waals surface area contributed by atoms with Crippen molar-refractivity contribution in [2.24, 2.45) is 0 Å². The molecule has 9 heteroatoms. The number of fused-ring (bicyclic) bond motifs is 1. The van der Waals surface area contributed by atoms with E-state index in [1.807, 2.05) is 24.3 Å². The number of nitrogens with zero attached hydrogens (tertiary/aromatic N) is 2. The number of rotatable bonds is 6. The lowest BCUT2D eigenvalue weighted by molar-refractivity contribution is -0.123. The fourth-order valence-electron chi connectivity index (χ4n) is 4.08. The van der Waals surface area contributed by atoms with Crippen molar-refractivity contribution in [3.8, 4) is 0 Å². The Morgan fingerprint density at radius 2 is 1.67 bits per heavy atom. The highest BCUT2D eigenvalue weighted by Crippen LogP contribution is 2.25. The van der Waals surface area contributed by atoms with Gasteiger partial charge in [-0.25, -0.2) is 13.6 Å². The first kappa shape index (κ1) is 23.0. The van der Waals surface area contributed by atoms with Crippen LogP contribution in [0.2, 0.25) is 0 Å². The lowest BCUT2D eigenvalue weighted by Crippen LogP contribution is -2.30. The van der Waals surface area contributed by atoms with E-state index in [0.29, 0.717) is 11.3 Å². The maximum Gasteiger partial charge on any atom is 0.329 e. The average molecular weight is 486 g/mol. The highest BCUT2D eigenvalue weighted by molar-refractivity contribution is 6.14. The van der Waals surface area contributed by atoms with Crippen molar-refractivity contribution in [2.45, 2.75) is 13.1 Å². The van der Waals surface area contributed by atoms with E-state index in [2.05, 4.69) is 10.6 Å². The summed E-state index contributed by atoms with van der Waals surface area (Å²) in [5.74, 6) is -1.79. The third kappa shape index (κ3) is 4.58. The summed E-state index contributed by atoms with van der Waals surface area (Å²) in [4.78, 5) is 39.0. The van der Waals surface area contributed by atoms with E-state index in [4.69, 9.17) is 0 Å². The van der Waals surface area contributed by atoms with Gasteiger partial charge in [-0.15, -0.1) is 0 Å². The van der Waals surface area contributed by atoms with Gasteiger partial charge in [0.1, 0.15) is 23.9 Å². The number of benzene rings is 3. The monoisotopic (exact) mass is 486 g/mol. The van der Waals surface area contributed by atoms with Crippen LogP contribution in [0.1, 0.15) is 11.1 Å². The zero-order chi connectivity index (χ0) is 25.2. The quantitative estimate of drug-likeness (QED) is 0.307. The maximum absolute atomic E-state index is 14.0. The molecule has 1 fully saturated rings. The highest BCUT2D eigenvalue weighted by Gasteiger charge is 2.34. The van der Waals surface area contributed by atoms with E-state index in [1.54, 1.807) is 16.8 Å². The fourth-order valence-corrected chi connectivity index (χ4v) is 4.08. The van der Waals surface area contributed by atoms with Gasteiger partial charge < -0.3 is 15.2 Å². The third-order valence-corrected chi connectivity index (χ3v) is 5.81. The number of nitrogens with one attached hydrogen (secondary N) is 2. The average Bonchev–Trinajstić information content (AvgIpc) is 3.33. The van der Waals surface area contributed by atoms with Crippen LogP contribution < -0.4 is 10.6 Å². The molecule has 1 aromatic heterocycles. The molecule has 1 saturated heterocycles. The van der Waals surface area contributed by atoms with Crippen molar-refractivity contribution in [3.63, 3.8) is 0 Å². The largest absolute Gasteiger partial charge is 0.337 e. The molecule has 0 radical (unpaired) electrons. The van der Waals surface area contributed by atoms with E-state index in [1.165, 1.54) is 48.5 Å². The van der Waals surface area contributed by atoms with Crippen LogP contribution in [0.5, 0.6) is 0 Å². The molecule has 0 atom stereocenters. The number of imide groups is 1. The van der Waals surface area contributed by atoms with E-state index < -0.39 is 23.6 Å². The minimum atomic E-state index is -0.642. The number of hydrogen-bond acceptors (Lipinski definition) is 3. The molecule has 0 aliphatic carbocycles. The van der Waals surface area contributed by atoms with Crippen molar-refractivity contribution in [2.75, 3.05) is 5.32 Å². The second kappa shape index (κ2) is 9.46. The minimum absolute atomic E-state index is 0.0270. The Morgan fingerprint density at radius 3 is 2.44 bits per heavy atom. The molecule has 3 aromatic carbocycles. The Balaban J connectivity index is 1.39. The van der Waals surface area contributed by atoms with E-state index in [9.17, 15) is 23.2 Å². The Hall–Kier alpha value is -4.79. The van der Waals surface area contributed by atoms with Crippen LogP contribution >= 0.6 is 0 Å². The second-order valence-electron chi connectivity index (χ2n) is 8.26. The molecule has 0 saturated carbocycles. The molecule has 1 aliphatic heterocycles. The first-order chi connectivity index (χ1) is 17.4. The molecule has 5 rings (SSSR count). The molecule has 7 nitrogen and oxygen atoms in total. The molecule has 0 bridgehead atoms. The van der Waals surface area contributed by atoms with Crippen molar-refractivity contribution in [3.05, 3.63) is 107 Å². The second-order valence-corrected chi connectivity index (χ2v) is 8.26. The van der Waals surface area contributed by atoms with E-state index in [-0.39, 0.29) is 30.3 Å². The van der Waals surface area contributed by atoms with Crippen molar-refractivity contribution >= 4 is 40.5 Å². The van der Waals surface area contributed by atoms with Crippen LogP contribution in [0.4, 0.5) is 19.3 Å². The van der Waals surface area contributed by atoms with Gasteiger partial charge in [-0.05, 0) is 42.5 Å².